The molecule has 0 aliphatic heterocycles. The predicted octanol–water partition coefficient (Wildman–Crippen LogP) is 2.00. The Morgan fingerprint density at radius 2 is 1.00 bits per heavy atom. The summed E-state index contributed by atoms with van der Waals surface area (Å²) in [5, 5.41) is 44.0. The van der Waals surface area contributed by atoms with Gasteiger partial charge in [0.1, 0.15) is 18.1 Å². The van der Waals surface area contributed by atoms with Gasteiger partial charge in [0.15, 0.2) is 0 Å². The van der Waals surface area contributed by atoms with E-state index in [-0.39, 0.29) is 29.6 Å². The van der Waals surface area contributed by atoms with Crippen molar-refractivity contribution in [1.82, 2.24) is 26.6 Å². The minimum absolute atomic E-state index is 0.0168. The number of nitrogens with one attached hydrogen (secondary N) is 5. The summed E-state index contributed by atoms with van der Waals surface area (Å²) in [4.78, 5) is 76.1. The minimum atomic E-state index is -1.33. The Hall–Kier alpha value is -3.26. The zero-order valence-corrected chi connectivity index (χ0v) is 31.3. The van der Waals surface area contributed by atoms with Crippen molar-refractivity contribution < 1.29 is 44.1 Å². The van der Waals surface area contributed by atoms with E-state index >= 15 is 0 Å². The number of carboxylic acids is 1. The van der Waals surface area contributed by atoms with Crippen molar-refractivity contribution >= 4 is 35.5 Å². The van der Waals surface area contributed by atoms with Gasteiger partial charge >= 0.3 is 5.97 Å². The molecule has 0 aliphatic carbocycles. The van der Waals surface area contributed by atoms with Crippen molar-refractivity contribution in [3.63, 3.8) is 0 Å². The largest absolute Gasteiger partial charge is 0.481 e. The number of rotatable bonds is 24. The lowest BCUT2D eigenvalue weighted by Gasteiger charge is -2.31. The van der Waals surface area contributed by atoms with E-state index in [9.17, 15) is 39.0 Å². The van der Waals surface area contributed by atoms with Crippen LogP contribution in [0.1, 0.15) is 121 Å². The Morgan fingerprint density at radius 3 is 1.45 bits per heavy atom. The highest BCUT2D eigenvalue weighted by Gasteiger charge is 2.34. The summed E-state index contributed by atoms with van der Waals surface area (Å²) in [6.45, 7) is 18.1. The average molecular weight is 700 g/mol. The van der Waals surface area contributed by atoms with Gasteiger partial charge in [-0.1, -0.05) is 75.2 Å². The molecule has 14 nitrogen and oxygen atoms in total. The molecule has 5 amide bonds. The van der Waals surface area contributed by atoms with Gasteiger partial charge in [-0.25, -0.2) is 0 Å². The van der Waals surface area contributed by atoms with Crippen LogP contribution in [-0.2, 0) is 28.8 Å². The molecule has 7 atom stereocenters. The van der Waals surface area contributed by atoms with Crippen LogP contribution in [0.15, 0.2) is 0 Å². The average Bonchev–Trinajstić information content (AvgIpc) is 2.96. The summed E-state index contributed by atoms with van der Waals surface area (Å²) in [6, 6.07) is -4.59. The number of aliphatic carboxylic acids is 1. The van der Waals surface area contributed by atoms with E-state index in [1.54, 1.807) is 27.7 Å². The zero-order valence-electron chi connectivity index (χ0n) is 31.3. The molecule has 0 saturated heterocycles. The first kappa shape index (κ1) is 45.7. The fraction of sp³-hybridized carbons (Fsp3) is 0.829. The quantitative estimate of drug-likeness (QED) is 0.0689. The summed E-state index contributed by atoms with van der Waals surface area (Å²) in [5.41, 5.74) is 0. The molecule has 0 rings (SSSR count). The molecule has 14 heteroatoms. The van der Waals surface area contributed by atoms with Gasteiger partial charge in [0.25, 0.3) is 0 Å². The number of aliphatic hydroxyl groups excluding tert-OH is 2. The van der Waals surface area contributed by atoms with Gasteiger partial charge in [-0.15, -0.1) is 0 Å². The van der Waals surface area contributed by atoms with E-state index in [1.165, 1.54) is 6.92 Å². The second-order valence-corrected chi connectivity index (χ2v) is 14.7. The van der Waals surface area contributed by atoms with Gasteiger partial charge in [0.2, 0.25) is 29.5 Å². The van der Waals surface area contributed by atoms with Crippen molar-refractivity contribution in [3.05, 3.63) is 0 Å². The van der Waals surface area contributed by atoms with E-state index in [1.807, 2.05) is 34.6 Å². The number of amides is 5. The van der Waals surface area contributed by atoms with Crippen LogP contribution in [0.4, 0.5) is 0 Å². The number of carbonyl (C=O) groups excluding carboxylic acids is 5. The second kappa shape index (κ2) is 23.2. The standard InChI is InChI=1S/C35H65N5O9/c1-11-12-13-14-28(43)39-31(21(6)7)35(49)40-32(22(8)9)34(48)38-24(15-19(2)3)26(41)17-29(44)36-23(10)33(47)37-25(16-20(4)5)27(42)18-30(45)46/h19-27,31-32,41-42H,11-18H2,1-10H3,(H,36,44)(H,37,47)(H,38,48)(H,39,43)(H,40,49)(H,45,46)/t23-,24-,25-,26-,27-,31-,32-/m0/s1. The Labute approximate surface area is 292 Å². The maximum absolute atomic E-state index is 13.5. The number of hydrogen-bond acceptors (Lipinski definition) is 8. The molecule has 0 heterocycles. The molecule has 0 radical (unpaired) electrons. The molecule has 49 heavy (non-hydrogen) atoms. The van der Waals surface area contributed by atoms with Crippen LogP contribution in [0.2, 0.25) is 0 Å². The second-order valence-electron chi connectivity index (χ2n) is 14.7. The topological polar surface area (TPSA) is 223 Å². The van der Waals surface area contributed by atoms with Crippen LogP contribution in [-0.4, -0.2) is 93.2 Å². The van der Waals surface area contributed by atoms with E-state index < -0.39 is 84.9 Å². The van der Waals surface area contributed by atoms with Crippen molar-refractivity contribution in [1.29, 1.82) is 0 Å². The highest BCUT2D eigenvalue weighted by Crippen LogP contribution is 2.15. The first-order valence-electron chi connectivity index (χ1n) is 17.8. The Morgan fingerprint density at radius 1 is 0.551 bits per heavy atom. The van der Waals surface area contributed by atoms with Gasteiger partial charge in [0, 0.05) is 6.42 Å². The molecule has 0 fully saturated rings. The third-order valence-corrected chi connectivity index (χ3v) is 8.10. The van der Waals surface area contributed by atoms with Crippen molar-refractivity contribution in [2.24, 2.45) is 23.7 Å². The van der Waals surface area contributed by atoms with Crippen molar-refractivity contribution in [2.45, 2.75) is 163 Å². The number of carbonyl (C=O) groups is 6. The van der Waals surface area contributed by atoms with E-state index in [0.29, 0.717) is 25.7 Å². The highest BCUT2D eigenvalue weighted by molar-refractivity contribution is 5.92. The summed E-state index contributed by atoms with van der Waals surface area (Å²) < 4.78 is 0. The SMILES string of the molecule is CCCCCC(=O)N[C@H](C(=O)N[C@H](C(=O)N[C@@H](CC(C)C)[C@@H](O)CC(=O)N[C@@H](C)C(=O)N[C@@H](CC(C)C)[C@@H](O)CC(=O)O)C(C)C)C(C)C. The molecule has 0 aliphatic rings. The molecule has 0 aromatic rings. The van der Waals surface area contributed by atoms with Crippen molar-refractivity contribution in [2.75, 3.05) is 0 Å². The van der Waals surface area contributed by atoms with E-state index in [2.05, 4.69) is 26.6 Å². The lowest BCUT2D eigenvalue weighted by molar-refractivity contribution is -0.140. The normalized spacial score (nSPS) is 15.9. The van der Waals surface area contributed by atoms with E-state index in [0.717, 1.165) is 12.8 Å². The van der Waals surface area contributed by atoms with Gasteiger partial charge in [-0.05, 0) is 49.9 Å². The Kier molecular flexibility index (Phi) is 21.7. The first-order valence-corrected chi connectivity index (χ1v) is 17.8. The third kappa shape index (κ3) is 18.9. The van der Waals surface area contributed by atoms with Gasteiger partial charge in [-0.3, -0.25) is 28.8 Å². The highest BCUT2D eigenvalue weighted by atomic mass is 16.4. The Bertz CT molecular complexity index is 1070. The Balaban J connectivity index is 5.58. The zero-order chi connectivity index (χ0) is 38.0. The molecular formula is C35H65N5O9. The molecule has 8 N–H and O–H groups in total. The smallest absolute Gasteiger partial charge is 0.306 e. The first-order chi connectivity index (χ1) is 22.7. The molecule has 0 unspecified atom stereocenters. The van der Waals surface area contributed by atoms with E-state index in [4.69, 9.17) is 5.11 Å². The number of hydrogen-bond donors (Lipinski definition) is 8. The van der Waals surface area contributed by atoms with Crippen LogP contribution in [0, 0.1) is 23.7 Å². The summed E-state index contributed by atoms with van der Waals surface area (Å²) in [5.74, 6) is -4.29. The molecular weight excluding hydrogens is 634 g/mol. The minimum Gasteiger partial charge on any atom is -0.481 e. The molecule has 0 spiro atoms. The fourth-order valence-electron chi connectivity index (χ4n) is 5.33. The van der Waals surface area contributed by atoms with Crippen LogP contribution in [0.25, 0.3) is 0 Å². The number of aliphatic hydroxyl groups is 2. The van der Waals surface area contributed by atoms with Gasteiger partial charge in [0.05, 0.1) is 37.1 Å². The molecule has 0 saturated carbocycles. The van der Waals surface area contributed by atoms with Gasteiger partial charge in [-0.2, -0.15) is 0 Å². The summed E-state index contributed by atoms with van der Waals surface area (Å²) in [7, 11) is 0. The molecule has 284 valence electrons. The summed E-state index contributed by atoms with van der Waals surface area (Å²) in [6.07, 6.45) is -0.126. The van der Waals surface area contributed by atoms with Gasteiger partial charge < -0.3 is 41.9 Å². The fourth-order valence-corrected chi connectivity index (χ4v) is 5.33. The molecule has 0 aromatic heterocycles. The summed E-state index contributed by atoms with van der Waals surface area (Å²) >= 11 is 0. The predicted molar refractivity (Wildman–Crippen MR) is 187 cm³/mol. The van der Waals surface area contributed by atoms with Crippen LogP contribution in [0.5, 0.6) is 0 Å². The molecule has 0 bridgehead atoms. The molecule has 0 aromatic carbocycles. The van der Waals surface area contributed by atoms with Crippen LogP contribution >= 0.6 is 0 Å². The third-order valence-electron chi connectivity index (χ3n) is 8.10. The lowest BCUT2D eigenvalue weighted by Crippen LogP contribution is -2.59. The maximum atomic E-state index is 13.5. The monoisotopic (exact) mass is 699 g/mol. The number of carboxylic acid groups (broad SMARTS) is 1. The number of unbranched alkanes of at least 4 members (excludes halogenated alkanes) is 2. The van der Waals surface area contributed by atoms with Crippen molar-refractivity contribution in [3.8, 4) is 0 Å². The maximum Gasteiger partial charge on any atom is 0.306 e. The van der Waals surface area contributed by atoms with Crippen LogP contribution in [0.3, 0.4) is 0 Å². The van der Waals surface area contributed by atoms with Crippen LogP contribution < -0.4 is 26.6 Å². The lowest BCUT2D eigenvalue weighted by atomic mass is 9.95.